The summed E-state index contributed by atoms with van der Waals surface area (Å²) in [7, 11) is 1.33. The minimum atomic E-state index is -0.642. The molecule has 102 valence electrons. The van der Waals surface area contributed by atoms with Gasteiger partial charge in [-0.2, -0.15) is 0 Å². The van der Waals surface area contributed by atoms with E-state index in [-0.39, 0.29) is 5.91 Å². The van der Waals surface area contributed by atoms with Gasteiger partial charge >= 0.3 is 5.97 Å². The molecule has 1 aromatic carbocycles. The zero-order valence-corrected chi connectivity index (χ0v) is 11.6. The summed E-state index contributed by atoms with van der Waals surface area (Å²) in [6, 6.07) is 5.34. The van der Waals surface area contributed by atoms with Crippen molar-refractivity contribution in [2.45, 2.75) is 26.3 Å². The molecule has 1 aromatic rings. The van der Waals surface area contributed by atoms with Gasteiger partial charge in [-0.3, -0.25) is 4.79 Å². The molecule has 1 heterocycles. The number of methoxy groups -OCH3 is 1. The van der Waals surface area contributed by atoms with Crippen molar-refractivity contribution in [1.29, 1.82) is 0 Å². The number of benzene rings is 1. The Balaban J connectivity index is 2.62. The molecular weight excluding hydrogens is 244 g/mol. The number of para-hydroxylation sites is 1. The Bertz CT molecular complexity index is 537. The van der Waals surface area contributed by atoms with Crippen LogP contribution in [0.25, 0.3) is 0 Å². The molecule has 0 aromatic heterocycles. The number of nitrogens with zero attached hydrogens (tertiary/aromatic N) is 1. The highest BCUT2D eigenvalue weighted by Crippen LogP contribution is 2.38. The van der Waals surface area contributed by atoms with Gasteiger partial charge in [-0.15, -0.1) is 0 Å². The summed E-state index contributed by atoms with van der Waals surface area (Å²) in [5, 5.41) is 2.82. The predicted octanol–water partition coefficient (Wildman–Crippen LogP) is 2.03. The highest BCUT2D eigenvalue weighted by molar-refractivity contribution is 6.11. The number of amides is 1. The van der Waals surface area contributed by atoms with Gasteiger partial charge in [-0.05, 0) is 32.9 Å². The van der Waals surface area contributed by atoms with E-state index < -0.39 is 11.5 Å². The van der Waals surface area contributed by atoms with E-state index in [2.05, 4.69) is 5.32 Å². The summed E-state index contributed by atoms with van der Waals surface area (Å²) in [6.07, 6.45) is 0. The van der Waals surface area contributed by atoms with Crippen molar-refractivity contribution in [2.24, 2.45) is 0 Å². The van der Waals surface area contributed by atoms with Gasteiger partial charge in [0.15, 0.2) is 0 Å². The Morgan fingerprint density at radius 2 is 2.11 bits per heavy atom. The van der Waals surface area contributed by atoms with E-state index in [1.165, 1.54) is 7.11 Å². The Labute approximate surface area is 112 Å². The molecule has 5 heteroatoms. The first-order valence-corrected chi connectivity index (χ1v) is 6.24. The lowest BCUT2D eigenvalue weighted by Crippen LogP contribution is -2.56. The Morgan fingerprint density at radius 1 is 1.42 bits per heavy atom. The van der Waals surface area contributed by atoms with Crippen molar-refractivity contribution in [3.05, 3.63) is 23.8 Å². The predicted molar refractivity (Wildman–Crippen MR) is 73.5 cm³/mol. The molecule has 0 radical (unpaired) electrons. The minimum absolute atomic E-state index is 0.127. The van der Waals surface area contributed by atoms with Crippen molar-refractivity contribution < 1.29 is 14.3 Å². The monoisotopic (exact) mass is 262 g/mol. The van der Waals surface area contributed by atoms with E-state index in [9.17, 15) is 9.59 Å². The number of nitrogens with one attached hydrogen (secondary N) is 1. The molecule has 0 spiro atoms. The number of hydrogen-bond donors (Lipinski definition) is 1. The van der Waals surface area contributed by atoms with Crippen LogP contribution >= 0.6 is 0 Å². The van der Waals surface area contributed by atoms with Crippen LogP contribution in [-0.4, -0.2) is 31.1 Å². The molecule has 0 saturated carbocycles. The number of rotatable bonds is 2. The van der Waals surface area contributed by atoms with Crippen LogP contribution in [-0.2, 0) is 9.53 Å². The first-order chi connectivity index (χ1) is 8.93. The Hall–Kier alpha value is -2.04. The van der Waals surface area contributed by atoms with E-state index in [1.54, 1.807) is 12.1 Å². The fourth-order valence-corrected chi connectivity index (χ4v) is 2.43. The van der Waals surface area contributed by atoms with Gasteiger partial charge in [0.25, 0.3) is 0 Å². The average molecular weight is 262 g/mol. The van der Waals surface area contributed by atoms with Gasteiger partial charge < -0.3 is 15.0 Å². The largest absolute Gasteiger partial charge is 0.465 e. The number of carbonyl (C=O) groups is 2. The van der Waals surface area contributed by atoms with E-state index in [0.29, 0.717) is 17.8 Å². The van der Waals surface area contributed by atoms with Crippen molar-refractivity contribution >= 4 is 23.3 Å². The number of ether oxygens (including phenoxy) is 1. The van der Waals surface area contributed by atoms with E-state index >= 15 is 0 Å². The fourth-order valence-electron chi connectivity index (χ4n) is 2.43. The molecule has 1 aliphatic rings. The maximum atomic E-state index is 12.2. The van der Waals surface area contributed by atoms with Crippen molar-refractivity contribution in [1.82, 2.24) is 0 Å². The van der Waals surface area contributed by atoms with Gasteiger partial charge in [0.1, 0.15) is 5.54 Å². The zero-order valence-electron chi connectivity index (χ0n) is 11.6. The second-order valence-corrected chi connectivity index (χ2v) is 4.95. The third-order valence-electron chi connectivity index (χ3n) is 3.52. The second kappa shape index (κ2) is 4.57. The molecule has 0 fully saturated rings. The Kier molecular flexibility index (Phi) is 3.22. The first kappa shape index (κ1) is 13.4. The molecule has 0 saturated heterocycles. The average Bonchev–Trinajstić information content (AvgIpc) is 2.38. The maximum absolute atomic E-state index is 12.2. The zero-order chi connectivity index (χ0) is 14.2. The van der Waals surface area contributed by atoms with Crippen LogP contribution in [0.15, 0.2) is 18.2 Å². The number of anilines is 2. The van der Waals surface area contributed by atoms with Crippen LogP contribution < -0.4 is 10.2 Å². The molecular formula is C14H18N2O3. The number of esters is 1. The molecule has 0 aliphatic carbocycles. The third-order valence-corrected chi connectivity index (χ3v) is 3.52. The van der Waals surface area contributed by atoms with Crippen LogP contribution in [0.4, 0.5) is 11.4 Å². The summed E-state index contributed by atoms with van der Waals surface area (Å²) in [5.74, 6) is -0.578. The van der Waals surface area contributed by atoms with Gasteiger partial charge in [-0.25, -0.2) is 4.79 Å². The highest BCUT2D eigenvalue weighted by atomic mass is 16.5. The number of carbonyl (C=O) groups excluding carboxylic acids is 2. The maximum Gasteiger partial charge on any atom is 0.340 e. The summed E-state index contributed by atoms with van der Waals surface area (Å²) in [5.41, 5.74) is 1.11. The van der Waals surface area contributed by atoms with Gasteiger partial charge in [-0.1, -0.05) is 6.07 Å². The SMILES string of the molecule is CCN1c2cccc(C(=O)OC)c2NC(=O)C1(C)C. The van der Waals surface area contributed by atoms with Crippen LogP contribution in [0, 0.1) is 0 Å². The minimum Gasteiger partial charge on any atom is -0.465 e. The van der Waals surface area contributed by atoms with Gasteiger partial charge in [0.05, 0.1) is 24.0 Å². The normalized spacial score (nSPS) is 16.6. The van der Waals surface area contributed by atoms with Crippen LogP contribution in [0.1, 0.15) is 31.1 Å². The molecule has 1 aliphatic heterocycles. The van der Waals surface area contributed by atoms with Crippen molar-refractivity contribution in [3.63, 3.8) is 0 Å². The summed E-state index contributed by atoms with van der Waals surface area (Å²) < 4.78 is 4.75. The lowest BCUT2D eigenvalue weighted by Gasteiger charge is -2.43. The van der Waals surface area contributed by atoms with Gasteiger partial charge in [0.2, 0.25) is 5.91 Å². The van der Waals surface area contributed by atoms with E-state index in [1.807, 2.05) is 31.7 Å². The molecule has 5 nitrogen and oxygen atoms in total. The summed E-state index contributed by atoms with van der Waals surface area (Å²) in [6.45, 7) is 6.38. The molecule has 19 heavy (non-hydrogen) atoms. The van der Waals surface area contributed by atoms with Crippen molar-refractivity contribution in [2.75, 3.05) is 23.9 Å². The fraction of sp³-hybridized carbons (Fsp3) is 0.429. The summed E-state index contributed by atoms with van der Waals surface area (Å²) >= 11 is 0. The third kappa shape index (κ3) is 1.95. The van der Waals surface area contributed by atoms with E-state index in [0.717, 1.165) is 5.69 Å². The lowest BCUT2D eigenvalue weighted by molar-refractivity contribution is -0.120. The van der Waals surface area contributed by atoms with Crippen LogP contribution in [0.5, 0.6) is 0 Å². The first-order valence-electron chi connectivity index (χ1n) is 6.24. The van der Waals surface area contributed by atoms with Gasteiger partial charge in [0, 0.05) is 6.54 Å². The topological polar surface area (TPSA) is 58.6 Å². The lowest BCUT2D eigenvalue weighted by atomic mass is 9.95. The Morgan fingerprint density at radius 3 is 2.68 bits per heavy atom. The highest BCUT2D eigenvalue weighted by Gasteiger charge is 2.40. The molecule has 0 unspecified atom stereocenters. The van der Waals surface area contributed by atoms with Crippen LogP contribution in [0.2, 0.25) is 0 Å². The standard InChI is InChI=1S/C14H18N2O3/c1-5-16-10-8-6-7-9(12(17)19-4)11(10)15-13(18)14(16,2)3/h6-8H,5H2,1-4H3,(H,15,18). The van der Waals surface area contributed by atoms with Crippen LogP contribution in [0.3, 0.4) is 0 Å². The molecule has 0 bridgehead atoms. The second-order valence-electron chi connectivity index (χ2n) is 4.95. The number of fused-ring (bicyclic) bond motifs is 1. The molecule has 2 rings (SSSR count). The quantitative estimate of drug-likeness (QED) is 0.828. The van der Waals surface area contributed by atoms with Crippen molar-refractivity contribution in [3.8, 4) is 0 Å². The molecule has 1 amide bonds. The smallest absolute Gasteiger partial charge is 0.340 e. The van der Waals surface area contributed by atoms with E-state index in [4.69, 9.17) is 4.74 Å². The molecule has 0 atom stereocenters. The summed E-state index contributed by atoms with van der Waals surface area (Å²) in [4.78, 5) is 25.9. The number of hydrogen-bond acceptors (Lipinski definition) is 4. The molecule has 1 N–H and O–H groups in total. The number of likely N-dealkylation sites (N-methyl/N-ethyl adjacent to an activating group) is 1.